The van der Waals surface area contributed by atoms with Gasteiger partial charge in [0.25, 0.3) is 0 Å². The molecule has 92 valence electrons. The number of nitrogens with zero attached hydrogens (tertiary/aromatic N) is 1. The first-order valence-electron chi connectivity index (χ1n) is 6.53. The summed E-state index contributed by atoms with van der Waals surface area (Å²) in [6.45, 7) is 6.22. The summed E-state index contributed by atoms with van der Waals surface area (Å²) in [5.74, 6) is 0.256. The van der Waals surface area contributed by atoms with Crippen LogP contribution in [0, 0.1) is 6.92 Å². The van der Waals surface area contributed by atoms with Crippen molar-refractivity contribution < 1.29 is 4.79 Å². The Hall–Kier alpha value is -1.15. The van der Waals surface area contributed by atoms with E-state index in [9.17, 15) is 4.79 Å². The average molecular weight is 231 g/mol. The van der Waals surface area contributed by atoms with Crippen LogP contribution in [0.15, 0.2) is 24.3 Å². The van der Waals surface area contributed by atoms with Gasteiger partial charge in [-0.15, -0.1) is 0 Å². The Bertz CT molecular complexity index is 376. The number of carbonyl (C=O) groups excluding carboxylic acids is 1. The number of hydrogen-bond donors (Lipinski definition) is 0. The molecular formula is C15H21NO. The summed E-state index contributed by atoms with van der Waals surface area (Å²) in [6.07, 6.45) is 3.76. The first-order valence-corrected chi connectivity index (χ1v) is 6.53. The summed E-state index contributed by atoms with van der Waals surface area (Å²) < 4.78 is 0. The molecule has 0 aliphatic carbocycles. The van der Waals surface area contributed by atoms with Gasteiger partial charge in [-0.2, -0.15) is 0 Å². The maximum atomic E-state index is 12.3. The topological polar surface area (TPSA) is 20.3 Å². The predicted octanol–water partition coefficient (Wildman–Crippen LogP) is 3.05. The molecular weight excluding hydrogens is 210 g/mol. The third kappa shape index (κ3) is 2.95. The van der Waals surface area contributed by atoms with Crippen molar-refractivity contribution in [2.75, 3.05) is 13.1 Å². The van der Waals surface area contributed by atoms with Crippen LogP contribution in [0.1, 0.15) is 42.1 Å². The van der Waals surface area contributed by atoms with Crippen molar-refractivity contribution in [3.05, 3.63) is 35.4 Å². The highest BCUT2D eigenvalue weighted by atomic mass is 16.1. The molecule has 1 atom stereocenters. The maximum absolute atomic E-state index is 12.3. The van der Waals surface area contributed by atoms with Crippen LogP contribution in [0.3, 0.4) is 0 Å². The monoisotopic (exact) mass is 231 g/mol. The average Bonchev–Trinajstić information content (AvgIpc) is 2.39. The second kappa shape index (κ2) is 5.46. The van der Waals surface area contributed by atoms with Gasteiger partial charge in [0.15, 0.2) is 5.78 Å². The van der Waals surface area contributed by atoms with Gasteiger partial charge in [-0.1, -0.05) is 36.2 Å². The highest BCUT2D eigenvalue weighted by molar-refractivity contribution is 5.99. The van der Waals surface area contributed by atoms with Gasteiger partial charge in [-0.25, -0.2) is 0 Å². The number of hydrogen-bond acceptors (Lipinski definition) is 2. The third-order valence-corrected chi connectivity index (χ3v) is 3.65. The summed E-state index contributed by atoms with van der Waals surface area (Å²) in [5.41, 5.74) is 2.04. The van der Waals surface area contributed by atoms with Gasteiger partial charge in [-0.3, -0.25) is 9.69 Å². The summed E-state index contributed by atoms with van der Waals surface area (Å²) in [4.78, 5) is 14.6. The Labute approximate surface area is 104 Å². The molecule has 0 aromatic heterocycles. The minimum absolute atomic E-state index is 0.0259. The van der Waals surface area contributed by atoms with Crippen molar-refractivity contribution in [3.8, 4) is 0 Å². The van der Waals surface area contributed by atoms with Crippen molar-refractivity contribution >= 4 is 5.78 Å². The van der Waals surface area contributed by atoms with Gasteiger partial charge >= 0.3 is 0 Å². The quantitative estimate of drug-likeness (QED) is 0.745. The Morgan fingerprint density at radius 2 is 1.71 bits per heavy atom. The summed E-state index contributed by atoms with van der Waals surface area (Å²) in [5, 5.41) is 0. The van der Waals surface area contributed by atoms with Crippen molar-refractivity contribution in [3.63, 3.8) is 0 Å². The number of likely N-dealkylation sites (tertiary alicyclic amines) is 1. The minimum Gasteiger partial charge on any atom is -0.294 e. The van der Waals surface area contributed by atoms with E-state index in [1.54, 1.807) is 0 Å². The van der Waals surface area contributed by atoms with E-state index in [4.69, 9.17) is 0 Å². The highest BCUT2D eigenvalue weighted by Crippen LogP contribution is 2.15. The molecule has 0 unspecified atom stereocenters. The molecule has 0 spiro atoms. The van der Waals surface area contributed by atoms with Crippen molar-refractivity contribution in [2.24, 2.45) is 0 Å². The number of benzene rings is 1. The lowest BCUT2D eigenvalue weighted by molar-refractivity contribution is 0.0809. The Balaban J connectivity index is 2.05. The molecule has 17 heavy (non-hydrogen) atoms. The second-order valence-corrected chi connectivity index (χ2v) is 5.00. The molecule has 1 saturated heterocycles. The zero-order valence-electron chi connectivity index (χ0n) is 10.8. The normalized spacial score (nSPS) is 18.9. The lowest BCUT2D eigenvalue weighted by Gasteiger charge is -2.31. The Kier molecular flexibility index (Phi) is 3.95. The van der Waals surface area contributed by atoms with Crippen LogP contribution >= 0.6 is 0 Å². The number of ketones is 1. The van der Waals surface area contributed by atoms with Gasteiger partial charge in [0.1, 0.15) is 0 Å². The smallest absolute Gasteiger partial charge is 0.179 e. The molecule has 1 aliphatic rings. The molecule has 2 rings (SSSR count). The minimum atomic E-state index is 0.0259. The van der Waals surface area contributed by atoms with Gasteiger partial charge in [0, 0.05) is 5.56 Å². The number of piperidine rings is 1. The van der Waals surface area contributed by atoms with Crippen molar-refractivity contribution in [1.29, 1.82) is 0 Å². The van der Waals surface area contributed by atoms with E-state index in [2.05, 4.69) is 4.90 Å². The van der Waals surface area contributed by atoms with Crippen molar-refractivity contribution in [1.82, 2.24) is 4.90 Å². The third-order valence-electron chi connectivity index (χ3n) is 3.65. The molecule has 0 radical (unpaired) electrons. The fraction of sp³-hybridized carbons (Fsp3) is 0.533. The van der Waals surface area contributed by atoms with Gasteiger partial charge in [0.2, 0.25) is 0 Å². The SMILES string of the molecule is Cc1ccc(C(=O)[C@H](C)N2CCCCC2)cc1. The first kappa shape index (κ1) is 12.3. The molecule has 0 N–H and O–H groups in total. The van der Waals surface area contributed by atoms with Crippen LogP contribution in [0.25, 0.3) is 0 Å². The fourth-order valence-electron chi connectivity index (χ4n) is 2.43. The molecule has 1 fully saturated rings. The van der Waals surface area contributed by atoms with E-state index in [1.807, 2.05) is 38.1 Å². The molecule has 2 heteroatoms. The molecule has 1 aromatic carbocycles. The largest absolute Gasteiger partial charge is 0.294 e. The van der Waals surface area contributed by atoms with Gasteiger partial charge < -0.3 is 0 Å². The van der Waals surface area contributed by atoms with E-state index < -0.39 is 0 Å². The lowest BCUT2D eigenvalue weighted by Crippen LogP contribution is -2.42. The van der Waals surface area contributed by atoms with Crippen LogP contribution < -0.4 is 0 Å². The first-order chi connectivity index (χ1) is 8.18. The predicted molar refractivity (Wildman–Crippen MR) is 70.4 cm³/mol. The Morgan fingerprint density at radius 1 is 1.12 bits per heavy atom. The highest BCUT2D eigenvalue weighted by Gasteiger charge is 2.23. The van der Waals surface area contributed by atoms with E-state index in [0.29, 0.717) is 0 Å². The van der Waals surface area contributed by atoms with Gasteiger partial charge in [0.05, 0.1) is 6.04 Å². The van der Waals surface area contributed by atoms with Crippen LogP contribution in [-0.2, 0) is 0 Å². The van der Waals surface area contributed by atoms with Crippen LogP contribution in [0.2, 0.25) is 0 Å². The van der Waals surface area contributed by atoms with E-state index in [1.165, 1.54) is 24.8 Å². The van der Waals surface area contributed by atoms with E-state index >= 15 is 0 Å². The number of rotatable bonds is 3. The summed E-state index contributed by atoms with van der Waals surface area (Å²) >= 11 is 0. The molecule has 1 heterocycles. The molecule has 0 amide bonds. The van der Waals surface area contributed by atoms with Crippen LogP contribution in [0.4, 0.5) is 0 Å². The molecule has 1 aliphatic heterocycles. The van der Waals surface area contributed by atoms with E-state index in [-0.39, 0.29) is 11.8 Å². The van der Waals surface area contributed by atoms with Crippen LogP contribution in [-0.4, -0.2) is 29.8 Å². The zero-order chi connectivity index (χ0) is 12.3. The number of Topliss-reactive ketones (excluding diaryl/α,β-unsaturated/α-hetero) is 1. The standard InChI is InChI=1S/C15H21NO/c1-12-6-8-14(9-7-12)15(17)13(2)16-10-4-3-5-11-16/h6-9,13H,3-5,10-11H2,1-2H3/t13-/m0/s1. The zero-order valence-corrected chi connectivity index (χ0v) is 10.8. The second-order valence-electron chi connectivity index (χ2n) is 5.00. The van der Waals surface area contributed by atoms with E-state index in [0.717, 1.165) is 18.7 Å². The molecule has 0 saturated carbocycles. The molecule has 2 nitrogen and oxygen atoms in total. The van der Waals surface area contributed by atoms with Gasteiger partial charge in [-0.05, 0) is 39.8 Å². The molecule has 1 aromatic rings. The molecule has 0 bridgehead atoms. The number of carbonyl (C=O) groups is 1. The van der Waals surface area contributed by atoms with Crippen LogP contribution in [0.5, 0.6) is 0 Å². The van der Waals surface area contributed by atoms with Crippen molar-refractivity contribution in [2.45, 2.75) is 39.2 Å². The maximum Gasteiger partial charge on any atom is 0.179 e. The Morgan fingerprint density at radius 3 is 2.29 bits per heavy atom. The fourth-order valence-corrected chi connectivity index (χ4v) is 2.43. The lowest BCUT2D eigenvalue weighted by atomic mass is 10.0. The summed E-state index contributed by atoms with van der Waals surface area (Å²) in [7, 11) is 0. The summed E-state index contributed by atoms with van der Waals surface area (Å²) in [6, 6.07) is 7.93. The number of aryl methyl sites for hydroxylation is 1.